The number of hydrogen-bond donors (Lipinski definition) is 0. The Labute approximate surface area is 248 Å². The van der Waals surface area contributed by atoms with Crippen LogP contribution < -0.4 is 14.4 Å². The predicted molar refractivity (Wildman–Crippen MR) is 167 cm³/mol. The van der Waals surface area contributed by atoms with Crippen LogP contribution in [-0.2, 0) is 0 Å². The van der Waals surface area contributed by atoms with E-state index in [0.717, 1.165) is 49.2 Å². The molecule has 1 unspecified atom stereocenters. The van der Waals surface area contributed by atoms with E-state index in [4.69, 9.17) is 19.4 Å². The summed E-state index contributed by atoms with van der Waals surface area (Å²) in [5.41, 5.74) is 2.54. The number of hydrogen-bond acceptors (Lipinski definition) is 8. The van der Waals surface area contributed by atoms with Crippen LogP contribution in [0, 0.1) is 0 Å². The molecule has 2 heterocycles. The molecule has 1 atom stereocenters. The SMILES string of the molecule is CC(c1ccccc1)c1cccc(Sc2nc(Oc3ccccc3)c(N3CCN(C)CC3)nc2OCCN(C)C)c1. The van der Waals surface area contributed by atoms with Crippen LogP contribution in [0.1, 0.15) is 24.0 Å². The quantitative estimate of drug-likeness (QED) is 0.210. The van der Waals surface area contributed by atoms with Gasteiger partial charge in [0.15, 0.2) is 10.8 Å². The fourth-order valence-corrected chi connectivity index (χ4v) is 5.54. The molecule has 3 aromatic carbocycles. The predicted octanol–water partition coefficient (Wildman–Crippen LogP) is 6.26. The molecule has 7 nitrogen and oxygen atoms in total. The molecular formula is C33H39N5O2S. The Kier molecular flexibility index (Phi) is 9.77. The Balaban J connectivity index is 1.50. The van der Waals surface area contributed by atoms with E-state index in [1.54, 1.807) is 11.8 Å². The number of rotatable bonds is 11. The van der Waals surface area contributed by atoms with E-state index < -0.39 is 0 Å². The van der Waals surface area contributed by atoms with Crippen molar-refractivity contribution in [3.8, 4) is 17.5 Å². The van der Waals surface area contributed by atoms with Crippen molar-refractivity contribution < 1.29 is 9.47 Å². The average Bonchev–Trinajstić information content (AvgIpc) is 2.99. The first-order chi connectivity index (χ1) is 20.0. The molecule has 8 heteroatoms. The smallest absolute Gasteiger partial charge is 0.264 e. The van der Waals surface area contributed by atoms with Crippen LogP contribution >= 0.6 is 11.8 Å². The molecule has 1 aliphatic heterocycles. The molecule has 0 amide bonds. The summed E-state index contributed by atoms with van der Waals surface area (Å²) in [4.78, 5) is 17.9. The van der Waals surface area contributed by atoms with Gasteiger partial charge in [-0.15, -0.1) is 0 Å². The maximum atomic E-state index is 6.38. The van der Waals surface area contributed by atoms with Crippen molar-refractivity contribution in [2.75, 3.05) is 65.4 Å². The highest BCUT2D eigenvalue weighted by Crippen LogP contribution is 2.40. The van der Waals surface area contributed by atoms with Crippen molar-refractivity contribution in [2.45, 2.75) is 22.8 Å². The number of aromatic nitrogens is 2. The largest absolute Gasteiger partial charge is 0.474 e. The Bertz CT molecular complexity index is 1400. The number of para-hydroxylation sites is 1. The van der Waals surface area contributed by atoms with E-state index >= 15 is 0 Å². The molecule has 0 radical (unpaired) electrons. The lowest BCUT2D eigenvalue weighted by molar-refractivity contribution is 0.245. The monoisotopic (exact) mass is 569 g/mol. The topological polar surface area (TPSA) is 54.0 Å². The summed E-state index contributed by atoms with van der Waals surface area (Å²) in [6.45, 7) is 7.13. The van der Waals surface area contributed by atoms with Gasteiger partial charge in [0.25, 0.3) is 5.88 Å². The van der Waals surface area contributed by atoms with Crippen molar-refractivity contribution in [1.82, 2.24) is 19.8 Å². The van der Waals surface area contributed by atoms with Crippen LogP contribution in [0.5, 0.6) is 17.5 Å². The first kappa shape index (κ1) is 28.9. The first-order valence-electron chi connectivity index (χ1n) is 14.1. The number of benzene rings is 3. The van der Waals surface area contributed by atoms with E-state index in [2.05, 4.69) is 83.3 Å². The maximum Gasteiger partial charge on any atom is 0.264 e. The highest BCUT2D eigenvalue weighted by atomic mass is 32.2. The normalized spacial score (nSPS) is 14.7. The van der Waals surface area contributed by atoms with Crippen LogP contribution in [0.25, 0.3) is 0 Å². The van der Waals surface area contributed by atoms with Gasteiger partial charge >= 0.3 is 0 Å². The van der Waals surface area contributed by atoms with E-state index in [9.17, 15) is 0 Å². The van der Waals surface area contributed by atoms with Crippen molar-refractivity contribution >= 4 is 17.6 Å². The Morgan fingerprint density at radius 3 is 2.22 bits per heavy atom. The molecule has 0 aliphatic carbocycles. The van der Waals surface area contributed by atoms with E-state index in [0.29, 0.717) is 23.4 Å². The van der Waals surface area contributed by atoms with E-state index in [1.165, 1.54) is 11.1 Å². The number of ether oxygens (including phenoxy) is 2. The minimum Gasteiger partial charge on any atom is -0.474 e. The minimum atomic E-state index is 0.273. The summed E-state index contributed by atoms with van der Waals surface area (Å²) in [5.74, 6) is 2.76. The Morgan fingerprint density at radius 1 is 0.829 bits per heavy atom. The summed E-state index contributed by atoms with van der Waals surface area (Å²) in [6, 6.07) is 29.0. The van der Waals surface area contributed by atoms with Crippen LogP contribution in [0.15, 0.2) is 94.9 Å². The van der Waals surface area contributed by atoms with Gasteiger partial charge in [-0.2, -0.15) is 9.97 Å². The third kappa shape index (κ3) is 7.79. The molecule has 1 saturated heterocycles. The van der Waals surface area contributed by atoms with Gasteiger partial charge in [0, 0.05) is 43.5 Å². The highest BCUT2D eigenvalue weighted by Gasteiger charge is 2.25. The lowest BCUT2D eigenvalue weighted by atomic mass is 9.93. The molecule has 214 valence electrons. The third-order valence-electron chi connectivity index (χ3n) is 7.19. The molecule has 1 aromatic heterocycles. The summed E-state index contributed by atoms with van der Waals surface area (Å²) in [7, 11) is 6.22. The fraction of sp³-hybridized carbons (Fsp3) is 0.333. The van der Waals surface area contributed by atoms with Crippen LogP contribution in [0.4, 0.5) is 5.82 Å². The fourth-order valence-electron chi connectivity index (χ4n) is 4.65. The zero-order chi connectivity index (χ0) is 28.6. The van der Waals surface area contributed by atoms with Gasteiger partial charge < -0.3 is 24.2 Å². The van der Waals surface area contributed by atoms with Crippen molar-refractivity contribution in [3.63, 3.8) is 0 Å². The number of piperazine rings is 1. The molecule has 0 spiro atoms. The van der Waals surface area contributed by atoms with E-state index in [1.807, 2.05) is 44.4 Å². The molecule has 0 bridgehead atoms. The van der Waals surface area contributed by atoms with Gasteiger partial charge in [0.05, 0.1) is 0 Å². The van der Waals surface area contributed by atoms with Gasteiger partial charge in [0.1, 0.15) is 12.4 Å². The highest BCUT2D eigenvalue weighted by molar-refractivity contribution is 7.99. The second-order valence-corrected chi connectivity index (χ2v) is 11.7. The lowest BCUT2D eigenvalue weighted by Crippen LogP contribution is -2.45. The van der Waals surface area contributed by atoms with Gasteiger partial charge in [-0.1, -0.05) is 79.3 Å². The maximum absolute atomic E-state index is 6.38. The standard InChI is InChI=1S/C33H39N5O2S/c1-25(26-12-7-5-8-13-26)27-14-11-17-29(24-27)41-33-32(39-23-22-36(2)3)34-30(38-20-18-37(4)19-21-38)31(35-33)40-28-15-9-6-10-16-28/h5-17,24-25H,18-23H2,1-4H3. The Morgan fingerprint density at radius 2 is 1.51 bits per heavy atom. The number of likely N-dealkylation sites (N-methyl/N-ethyl adjacent to an activating group) is 2. The molecule has 1 fully saturated rings. The van der Waals surface area contributed by atoms with Gasteiger partial charge in [-0.25, -0.2) is 0 Å². The first-order valence-corrected chi connectivity index (χ1v) is 15.0. The lowest BCUT2D eigenvalue weighted by Gasteiger charge is -2.33. The van der Waals surface area contributed by atoms with Gasteiger partial charge in [-0.3, -0.25) is 0 Å². The average molecular weight is 570 g/mol. The summed E-state index contributed by atoms with van der Waals surface area (Å²) in [6.07, 6.45) is 0. The van der Waals surface area contributed by atoms with E-state index in [-0.39, 0.29) is 5.92 Å². The summed E-state index contributed by atoms with van der Waals surface area (Å²) >= 11 is 1.56. The number of nitrogens with zero attached hydrogens (tertiary/aromatic N) is 5. The summed E-state index contributed by atoms with van der Waals surface area (Å²) < 4.78 is 12.7. The Hall–Kier alpha value is -3.59. The second kappa shape index (κ2) is 13.9. The molecule has 0 N–H and O–H groups in total. The molecule has 41 heavy (non-hydrogen) atoms. The molecule has 5 rings (SSSR count). The van der Waals surface area contributed by atoms with Gasteiger partial charge in [0.2, 0.25) is 5.88 Å². The van der Waals surface area contributed by atoms with Crippen LogP contribution in [0.3, 0.4) is 0 Å². The zero-order valence-electron chi connectivity index (χ0n) is 24.4. The minimum absolute atomic E-state index is 0.273. The molecule has 1 aliphatic rings. The molecular weight excluding hydrogens is 530 g/mol. The third-order valence-corrected chi connectivity index (χ3v) is 8.14. The van der Waals surface area contributed by atoms with Crippen LogP contribution in [0.2, 0.25) is 0 Å². The summed E-state index contributed by atoms with van der Waals surface area (Å²) in [5, 5.41) is 0.692. The van der Waals surface area contributed by atoms with Gasteiger partial charge in [-0.05, 0) is 56.5 Å². The zero-order valence-corrected chi connectivity index (χ0v) is 25.2. The van der Waals surface area contributed by atoms with Crippen LogP contribution in [-0.4, -0.2) is 80.2 Å². The van der Waals surface area contributed by atoms with Crippen molar-refractivity contribution in [1.29, 1.82) is 0 Å². The van der Waals surface area contributed by atoms with Crippen molar-refractivity contribution in [2.24, 2.45) is 0 Å². The molecule has 0 saturated carbocycles. The number of anilines is 1. The van der Waals surface area contributed by atoms with Crippen molar-refractivity contribution in [3.05, 3.63) is 96.1 Å². The second-order valence-electron chi connectivity index (χ2n) is 10.6. The molecule has 4 aromatic rings.